The normalized spacial score (nSPS) is 11.8. The third-order valence-electron chi connectivity index (χ3n) is 8.56. The molecule has 0 radical (unpaired) electrons. The number of pyridine rings is 2. The molecule has 0 bridgehead atoms. The zero-order valence-electron chi connectivity index (χ0n) is 24.6. The fourth-order valence-corrected chi connectivity index (χ4v) is 6.48. The topological polar surface area (TPSA) is 56.7 Å². The summed E-state index contributed by atoms with van der Waals surface area (Å²) in [6.07, 6.45) is 0. The van der Waals surface area contributed by atoms with Crippen LogP contribution in [0.3, 0.4) is 0 Å². The first-order chi connectivity index (χ1) is 21.0. The van der Waals surface area contributed by atoms with E-state index in [1.165, 1.54) is 16.7 Å². The molecule has 0 N–H and O–H groups in total. The maximum absolute atomic E-state index is 6.69. The van der Waals surface area contributed by atoms with E-state index in [1.54, 1.807) is 0 Å². The van der Waals surface area contributed by atoms with Crippen LogP contribution in [0.15, 0.2) is 101 Å². The van der Waals surface area contributed by atoms with Crippen LogP contribution in [-0.4, -0.2) is 19.5 Å². The van der Waals surface area contributed by atoms with Crippen molar-refractivity contribution >= 4 is 44.0 Å². The number of fused-ring (bicyclic) bond motifs is 6. The lowest BCUT2D eigenvalue weighted by Crippen LogP contribution is -2.03. The average molecular weight is 559 g/mol. The Balaban J connectivity index is 1.41. The van der Waals surface area contributed by atoms with Gasteiger partial charge in [0.2, 0.25) is 5.71 Å². The molecule has 8 rings (SSSR count). The molecule has 0 unspecified atom stereocenters. The molecule has 4 aromatic carbocycles. The third kappa shape index (κ3) is 4.03. The monoisotopic (exact) mass is 558 g/mol. The summed E-state index contributed by atoms with van der Waals surface area (Å²) >= 11 is 0. The van der Waals surface area contributed by atoms with Gasteiger partial charge in [-0.25, -0.2) is 9.97 Å². The van der Waals surface area contributed by atoms with Gasteiger partial charge in [-0.2, -0.15) is 0 Å². The summed E-state index contributed by atoms with van der Waals surface area (Å²) in [4.78, 5) is 15.3. The largest absolute Gasteiger partial charge is 0.437 e. The van der Waals surface area contributed by atoms with Crippen molar-refractivity contribution in [1.82, 2.24) is 19.5 Å². The third-order valence-corrected chi connectivity index (χ3v) is 8.56. The van der Waals surface area contributed by atoms with E-state index in [-0.39, 0.29) is 0 Å². The minimum absolute atomic E-state index is 0.638. The summed E-state index contributed by atoms with van der Waals surface area (Å²) in [6.45, 7) is 9.09. The Bertz CT molecular complexity index is 2340. The van der Waals surface area contributed by atoms with Crippen molar-refractivity contribution < 1.29 is 4.42 Å². The first-order valence-corrected chi connectivity index (χ1v) is 14.7. The van der Waals surface area contributed by atoms with Crippen LogP contribution in [0.4, 0.5) is 0 Å². The minimum atomic E-state index is 0.638. The summed E-state index contributed by atoms with van der Waals surface area (Å²) in [5, 5.41) is 3.18. The van der Waals surface area contributed by atoms with Crippen molar-refractivity contribution in [2.75, 3.05) is 0 Å². The molecule has 0 aliphatic rings. The van der Waals surface area contributed by atoms with Crippen molar-refractivity contribution in [3.05, 3.63) is 125 Å². The minimum Gasteiger partial charge on any atom is -0.437 e. The lowest BCUT2D eigenvalue weighted by atomic mass is 9.99. The predicted molar refractivity (Wildman–Crippen MR) is 175 cm³/mol. The Morgan fingerprint density at radius 3 is 2.28 bits per heavy atom. The molecule has 0 atom stereocenters. The van der Waals surface area contributed by atoms with Crippen molar-refractivity contribution in [3.8, 4) is 22.6 Å². The molecule has 0 spiro atoms. The van der Waals surface area contributed by atoms with E-state index in [1.807, 2.05) is 13.0 Å². The maximum atomic E-state index is 6.69. The number of furan rings is 1. The number of rotatable bonds is 4. The van der Waals surface area contributed by atoms with Gasteiger partial charge >= 0.3 is 0 Å². The Labute approximate surface area is 249 Å². The number of aryl methyl sites for hydroxylation is 4. The number of hydrogen-bond acceptors (Lipinski definition) is 4. The van der Waals surface area contributed by atoms with Gasteiger partial charge in [0.05, 0.1) is 27.8 Å². The smallest absolute Gasteiger partial charge is 0.227 e. The van der Waals surface area contributed by atoms with Crippen LogP contribution in [0, 0.1) is 27.7 Å². The second-order valence-electron chi connectivity index (χ2n) is 11.5. The van der Waals surface area contributed by atoms with Gasteiger partial charge in [0.15, 0.2) is 0 Å². The molecule has 0 amide bonds. The molecule has 0 aliphatic heterocycles. The van der Waals surface area contributed by atoms with Crippen molar-refractivity contribution in [2.45, 2.75) is 34.2 Å². The van der Waals surface area contributed by atoms with Gasteiger partial charge in [0, 0.05) is 34.0 Å². The number of nitrogens with zero attached hydrogens (tertiary/aromatic N) is 4. The fourth-order valence-electron chi connectivity index (χ4n) is 6.48. The molecule has 0 aliphatic carbocycles. The average Bonchev–Trinajstić information content (AvgIpc) is 3.57. The summed E-state index contributed by atoms with van der Waals surface area (Å²) < 4.78 is 8.99. The Kier molecular flexibility index (Phi) is 5.70. The van der Waals surface area contributed by atoms with E-state index in [0.29, 0.717) is 12.3 Å². The van der Waals surface area contributed by atoms with Crippen LogP contribution in [0.1, 0.15) is 27.9 Å². The Morgan fingerprint density at radius 1 is 0.674 bits per heavy atom. The highest BCUT2D eigenvalue weighted by atomic mass is 16.3. The van der Waals surface area contributed by atoms with Gasteiger partial charge in [0.25, 0.3) is 0 Å². The molecule has 8 aromatic rings. The van der Waals surface area contributed by atoms with Gasteiger partial charge < -0.3 is 8.98 Å². The van der Waals surface area contributed by atoms with Crippen molar-refractivity contribution in [1.29, 1.82) is 0 Å². The van der Waals surface area contributed by atoms with Crippen molar-refractivity contribution in [2.24, 2.45) is 0 Å². The van der Waals surface area contributed by atoms with Crippen LogP contribution >= 0.6 is 0 Å². The van der Waals surface area contributed by atoms with Crippen LogP contribution in [-0.2, 0) is 6.54 Å². The molecule has 0 saturated carbocycles. The second kappa shape index (κ2) is 9.63. The van der Waals surface area contributed by atoms with Crippen LogP contribution in [0.2, 0.25) is 0 Å². The van der Waals surface area contributed by atoms with Crippen LogP contribution in [0.5, 0.6) is 0 Å². The van der Waals surface area contributed by atoms with Gasteiger partial charge in [-0.05, 0) is 80.3 Å². The van der Waals surface area contributed by atoms with Crippen LogP contribution in [0.25, 0.3) is 66.7 Å². The van der Waals surface area contributed by atoms with Gasteiger partial charge in [-0.3, -0.25) is 4.98 Å². The molecular weight excluding hydrogens is 528 g/mol. The zero-order chi connectivity index (χ0) is 29.2. The summed E-state index contributed by atoms with van der Waals surface area (Å²) in [7, 11) is 0. The van der Waals surface area contributed by atoms with E-state index in [2.05, 4.69) is 116 Å². The van der Waals surface area contributed by atoms with E-state index < -0.39 is 0 Å². The second-order valence-corrected chi connectivity index (χ2v) is 11.5. The number of imidazole rings is 1. The summed E-state index contributed by atoms with van der Waals surface area (Å²) in [6, 6.07) is 33.9. The lowest BCUT2D eigenvalue weighted by molar-refractivity contribution is 0.654. The summed E-state index contributed by atoms with van der Waals surface area (Å²) in [5.74, 6) is 0.855. The molecule has 4 heterocycles. The van der Waals surface area contributed by atoms with Gasteiger partial charge in [-0.1, -0.05) is 66.7 Å². The summed E-state index contributed by atoms with van der Waals surface area (Å²) in [5.41, 5.74) is 13.1. The molecule has 5 heteroatoms. The fraction of sp³-hybridized carbons (Fsp3) is 0.132. The molecule has 4 aromatic heterocycles. The van der Waals surface area contributed by atoms with E-state index >= 15 is 0 Å². The van der Waals surface area contributed by atoms with E-state index in [0.717, 1.165) is 72.2 Å². The molecule has 5 nitrogen and oxygen atoms in total. The number of benzene rings is 4. The molecular formula is C38H30N4O. The number of aromatic nitrogens is 4. The van der Waals surface area contributed by atoms with Crippen molar-refractivity contribution in [3.63, 3.8) is 0 Å². The van der Waals surface area contributed by atoms with E-state index in [4.69, 9.17) is 19.4 Å². The highest BCUT2D eigenvalue weighted by Crippen LogP contribution is 2.40. The molecule has 0 fully saturated rings. The quantitative estimate of drug-likeness (QED) is 0.216. The molecule has 208 valence electrons. The van der Waals surface area contributed by atoms with E-state index in [9.17, 15) is 0 Å². The highest BCUT2D eigenvalue weighted by molar-refractivity contribution is 6.11. The predicted octanol–water partition coefficient (Wildman–Crippen LogP) is 9.49. The molecule has 0 saturated heterocycles. The number of hydrogen-bond donors (Lipinski definition) is 0. The van der Waals surface area contributed by atoms with Gasteiger partial charge in [0.1, 0.15) is 11.4 Å². The van der Waals surface area contributed by atoms with Gasteiger partial charge in [-0.15, -0.1) is 0 Å². The zero-order valence-corrected chi connectivity index (χ0v) is 24.6. The standard InChI is InChI=1S/C38H30N4O/c1-22-9-8-10-23(2)32(22)30-20-18-28-33-24(3)13-17-29(36(33)43-38(28)41-30)37-40-31-19-16-27-15-14-25(4)39-34(27)35(31)42(37)21-26-11-6-5-7-12-26/h5-20H,21H2,1-4H3. The molecule has 43 heavy (non-hydrogen) atoms. The first-order valence-electron chi connectivity index (χ1n) is 14.7. The Hall–Kier alpha value is -5.29. The van der Waals surface area contributed by atoms with Crippen LogP contribution < -0.4 is 0 Å². The highest BCUT2D eigenvalue weighted by Gasteiger charge is 2.22. The first kappa shape index (κ1) is 25.4. The maximum Gasteiger partial charge on any atom is 0.227 e. The SMILES string of the molecule is Cc1ccc2ccc3nc(-c4ccc(C)c5c4oc4nc(-c6c(C)cccc6C)ccc45)n(Cc4ccccc4)c3c2n1. The lowest BCUT2D eigenvalue weighted by Gasteiger charge is -2.12. The Morgan fingerprint density at radius 2 is 1.47 bits per heavy atom.